The molecular weight excluding hydrogens is 234 g/mol. The van der Waals surface area contributed by atoms with Gasteiger partial charge in [0.15, 0.2) is 0 Å². The van der Waals surface area contributed by atoms with Gasteiger partial charge in [0.25, 0.3) is 0 Å². The van der Waals surface area contributed by atoms with Crippen LogP contribution in [0.15, 0.2) is 0 Å². The van der Waals surface area contributed by atoms with Gasteiger partial charge in [-0.3, -0.25) is 0 Å². The van der Waals surface area contributed by atoms with Crippen LogP contribution in [0.3, 0.4) is 0 Å². The van der Waals surface area contributed by atoms with E-state index in [4.69, 9.17) is 4.74 Å². The molecule has 2 rings (SSSR count). The quantitative estimate of drug-likeness (QED) is 0.802. The van der Waals surface area contributed by atoms with E-state index in [0.717, 1.165) is 25.0 Å². The molecule has 1 N–H and O–H groups in total. The standard InChI is InChI=1S/C17H33NO/c1-4-6-14-7-9-15(10-8-14)18-16-11-12-19-17(3,5-2)13-16/h14-16,18H,4-13H2,1-3H3. The number of hydrogen-bond donors (Lipinski definition) is 1. The van der Waals surface area contributed by atoms with Gasteiger partial charge in [-0.05, 0) is 57.8 Å². The highest BCUT2D eigenvalue weighted by Crippen LogP contribution is 2.31. The van der Waals surface area contributed by atoms with E-state index in [1.54, 1.807) is 0 Å². The number of rotatable bonds is 5. The van der Waals surface area contributed by atoms with Crippen LogP contribution in [-0.2, 0) is 4.74 Å². The summed E-state index contributed by atoms with van der Waals surface area (Å²) in [6.07, 6.45) is 12.0. The fourth-order valence-electron chi connectivity index (χ4n) is 3.88. The lowest BCUT2D eigenvalue weighted by atomic mass is 9.82. The van der Waals surface area contributed by atoms with E-state index in [2.05, 4.69) is 26.1 Å². The monoisotopic (exact) mass is 267 g/mol. The van der Waals surface area contributed by atoms with Gasteiger partial charge in [-0.15, -0.1) is 0 Å². The molecule has 19 heavy (non-hydrogen) atoms. The van der Waals surface area contributed by atoms with E-state index in [1.165, 1.54) is 51.4 Å². The lowest BCUT2D eigenvalue weighted by Gasteiger charge is -2.40. The maximum Gasteiger partial charge on any atom is 0.0666 e. The van der Waals surface area contributed by atoms with Crippen molar-refractivity contribution in [1.82, 2.24) is 5.32 Å². The normalized spacial score (nSPS) is 40.3. The fraction of sp³-hybridized carbons (Fsp3) is 1.00. The van der Waals surface area contributed by atoms with Gasteiger partial charge < -0.3 is 10.1 Å². The van der Waals surface area contributed by atoms with Crippen molar-refractivity contribution < 1.29 is 4.74 Å². The van der Waals surface area contributed by atoms with E-state index < -0.39 is 0 Å². The molecule has 1 saturated heterocycles. The van der Waals surface area contributed by atoms with E-state index in [9.17, 15) is 0 Å². The lowest BCUT2D eigenvalue weighted by molar-refractivity contribution is -0.0796. The minimum absolute atomic E-state index is 0.120. The molecule has 2 aliphatic rings. The third kappa shape index (κ3) is 4.46. The predicted octanol–water partition coefficient (Wildman–Crippen LogP) is 4.28. The summed E-state index contributed by atoms with van der Waals surface area (Å²) in [5.41, 5.74) is 0.120. The van der Waals surface area contributed by atoms with Gasteiger partial charge in [-0.2, -0.15) is 0 Å². The largest absolute Gasteiger partial charge is 0.375 e. The molecule has 2 atom stereocenters. The first kappa shape index (κ1) is 15.3. The molecule has 2 fully saturated rings. The summed E-state index contributed by atoms with van der Waals surface area (Å²) >= 11 is 0. The Balaban J connectivity index is 1.73. The smallest absolute Gasteiger partial charge is 0.0666 e. The second-order valence-electron chi connectivity index (χ2n) is 7.01. The third-order valence-corrected chi connectivity index (χ3v) is 5.36. The minimum atomic E-state index is 0.120. The number of hydrogen-bond acceptors (Lipinski definition) is 2. The molecule has 0 aromatic heterocycles. The Kier molecular flexibility index (Phi) is 5.70. The molecular formula is C17H33NO. The maximum atomic E-state index is 5.94. The molecule has 0 bridgehead atoms. The van der Waals surface area contributed by atoms with Gasteiger partial charge in [0.05, 0.1) is 5.60 Å². The first-order valence-electron chi connectivity index (χ1n) is 8.55. The first-order valence-corrected chi connectivity index (χ1v) is 8.55. The van der Waals surface area contributed by atoms with E-state index in [0.29, 0.717) is 6.04 Å². The Morgan fingerprint density at radius 2 is 1.79 bits per heavy atom. The predicted molar refractivity (Wildman–Crippen MR) is 81.5 cm³/mol. The summed E-state index contributed by atoms with van der Waals surface area (Å²) in [5, 5.41) is 3.93. The molecule has 1 aliphatic heterocycles. The van der Waals surface area contributed by atoms with Gasteiger partial charge in [0.1, 0.15) is 0 Å². The van der Waals surface area contributed by atoms with Crippen LogP contribution in [0.4, 0.5) is 0 Å². The average Bonchev–Trinajstić information content (AvgIpc) is 2.42. The molecule has 2 heteroatoms. The van der Waals surface area contributed by atoms with Crippen molar-refractivity contribution in [1.29, 1.82) is 0 Å². The highest BCUT2D eigenvalue weighted by atomic mass is 16.5. The Hall–Kier alpha value is -0.0800. The van der Waals surface area contributed by atoms with Gasteiger partial charge in [-0.1, -0.05) is 26.7 Å². The molecule has 1 aliphatic carbocycles. The van der Waals surface area contributed by atoms with Crippen molar-refractivity contribution in [2.24, 2.45) is 5.92 Å². The second-order valence-corrected chi connectivity index (χ2v) is 7.01. The van der Waals surface area contributed by atoms with Crippen LogP contribution in [-0.4, -0.2) is 24.3 Å². The SMILES string of the molecule is CCCC1CCC(NC2CCOC(C)(CC)C2)CC1. The van der Waals surface area contributed by atoms with Crippen LogP contribution in [0.1, 0.15) is 78.6 Å². The van der Waals surface area contributed by atoms with E-state index in [-0.39, 0.29) is 5.60 Å². The molecule has 0 radical (unpaired) electrons. The maximum absolute atomic E-state index is 5.94. The number of nitrogens with one attached hydrogen (secondary N) is 1. The van der Waals surface area contributed by atoms with Crippen LogP contribution in [0.2, 0.25) is 0 Å². The Bertz CT molecular complexity index is 260. The van der Waals surface area contributed by atoms with Crippen molar-refractivity contribution in [3.05, 3.63) is 0 Å². The molecule has 112 valence electrons. The summed E-state index contributed by atoms with van der Waals surface area (Å²) in [6, 6.07) is 1.46. The van der Waals surface area contributed by atoms with Crippen LogP contribution in [0.5, 0.6) is 0 Å². The Morgan fingerprint density at radius 1 is 1.05 bits per heavy atom. The topological polar surface area (TPSA) is 21.3 Å². The van der Waals surface area contributed by atoms with Gasteiger partial charge in [0.2, 0.25) is 0 Å². The van der Waals surface area contributed by atoms with Crippen molar-refractivity contribution in [2.75, 3.05) is 6.61 Å². The summed E-state index contributed by atoms with van der Waals surface area (Å²) < 4.78 is 5.94. The summed E-state index contributed by atoms with van der Waals surface area (Å²) in [5.74, 6) is 1.01. The highest BCUT2D eigenvalue weighted by Gasteiger charge is 2.33. The van der Waals surface area contributed by atoms with Crippen molar-refractivity contribution >= 4 is 0 Å². The Morgan fingerprint density at radius 3 is 2.42 bits per heavy atom. The Labute approximate surface area is 119 Å². The molecule has 0 spiro atoms. The first-order chi connectivity index (χ1) is 9.15. The van der Waals surface area contributed by atoms with Crippen LogP contribution in [0, 0.1) is 5.92 Å². The van der Waals surface area contributed by atoms with Gasteiger partial charge in [-0.25, -0.2) is 0 Å². The molecule has 0 aromatic carbocycles. The zero-order valence-electron chi connectivity index (χ0n) is 13.2. The molecule has 2 nitrogen and oxygen atoms in total. The van der Waals surface area contributed by atoms with Crippen molar-refractivity contribution in [2.45, 2.75) is 96.2 Å². The fourth-order valence-corrected chi connectivity index (χ4v) is 3.88. The molecule has 0 aromatic rings. The summed E-state index contributed by atoms with van der Waals surface area (Å²) in [7, 11) is 0. The minimum Gasteiger partial charge on any atom is -0.375 e. The summed E-state index contributed by atoms with van der Waals surface area (Å²) in [4.78, 5) is 0. The number of ether oxygens (including phenoxy) is 1. The molecule has 2 unspecified atom stereocenters. The highest BCUT2D eigenvalue weighted by molar-refractivity contribution is 4.88. The molecule has 1 heterocycles. The van der Waals surface area contributed by atoms with E-state index in [1.807, 2.05) is 0 Å². The zero-order chi connectivity index (χ0) is 13.7. The van der Waals surface area contributed by atoms with E-state index >= 15 is 0 Å². The average molecular weight is 267 g/mol. The van der Waals surface area contributed by atoms with Crippen LogP contribution in [0.25, 0.3) is 0 Å². The summed E-state index contributed by atoms with van der Waals surface area (Å²) in [6.45, 7) is 7.78. The zero-order valence-corrected chi connectivity index (χ0v) is 13.2. The third-order valence-electron chi connectivity index (χ3n) is 5.36. The molecule has 0 amide bonds. The molecule has 1 saturated carbocycles. The van der Waals surface area contributed by atoms with Crippen LogP contribution < -0.4 is 5.32 Å². The van der Waals surface area contributed by atoms with Gasteiger partial charge >= 0.3 is 0 Å². The second kappa shape index (κ2) is 7.08. The van der Waals surface area contributed by atoms with Crippen LogP contribution >= 0.6 is 0 Å². The lowest BCUT2D eigenvalue weighted by Crippen LogP contribution is -2.49. The van der Waals surface area contributed by atoms with Crippen molar-refractivity contribution in [3.8, 4) is 0 Å². The van der Waals surface area contributed by atoms with Gasteiger partial charge in [0, 0.05) is 18.7 Å². The van der Waals surface area contributed by atoms with Crippen molar-refractivity contribution in [3.63, 3.8) is 0 Å².